The van der Waals surface area contributed by atoms with Gasteiger partial charge in [0.05, 0.1) is 23.0 Å². The average Bonchev–Trinajstić information content (AvgIpc) is 2.76. The molecule has 0 unspecified atom stereocenters. The van der Waals surface area contributed by atoms with Crippen molar-refractivity contribution in [3.05, 3.63) is 40.9 Å². The molecule has 0 amide bonds. The third-order valence-corrected chi connectivity index (χ3v) is 7.15. The van der Waals surface area contributed by atoms with E-state index >= 15 is 0 Å². The molecule has 32 heavy (non-hydrogen) atoms. The van der Waals surface area contributed by atoms with Crippen molar-refractivity contribution in [3.63, 3.8) is 0 Å². The molecule has 2 aromatic carbocycles. The van der Waals surface area contributed by atoms with Gasteiger partial charge in [-0.15, -0.1) is 0 Å². The van der Waals surface area contributed by atoms with Crippen LogP contribution in [0.5, 0.6) is 5.75 Å². The van der Waals surface area contributed by atoms with Crippen molar-refractivity contribution in [2.24, 2.45) is 11.8 Å². The fraction of sp³-hybridized carbons (Fsp3) is 0.542. The largest absolute Gasteiger partial charge is 0.489 e. The number of hydrogen-bond donors (Lipinski definition) is 1. The van der Waals surface area contributed by atoms with Crippen molar-refractivity contribution < 1.29 is 27.8 Å². The van der Waals surface area contributed by atoms with Gasteiger partial charge in [-0.3, -0.25) is 9.69 Å². The molecular formula is C24H27ClF3NO3. The van der Waals surface area contributed by atoms with E-state index in [1.165, 1.54) is 0 Å². The van der Waals surface area contributed by atoms with Gasteiger partial charge in [-0.2, -0.15) is 13.2 Å². The fourth-order valence-corrected chi connectivity index (χ4v) is 5.05. The predicted octanol–water partition coefficient (Wildman–Crippen LogP) is 6.29. The molecular weight excluding hydrogens is 443 g/mol. The van der Waals surface area contributed by atoms with Gasteiger partial charge >= 0.3 is 12.1 Å². The summed E-state index contributed by atoms with van der Waals surface area (Å²) >= 11 is 6.65. The van der Waals surface area contributed by atoms with E-state index in [2.05, 4.69) is 4.90 Å². The van der Waals surface area contributed by atoms with Crippen LogP contribution in [0.2, 0.25) is 5.02 Å². The molecule has 1 heterocycles. The summed E-state index contributed by atoms with van der Waals surface area (Å²) in [5.74, 6) is -1.71. The number of carboxylic acids is 1. The molecule has 8 heteroatoms. The number of hydrogen-bond acceptors (Lipinski definition) is 3. The van der Waals surface area contributed by atoms with Gasteiger partial charge in [0.25, 0.3) is 0 Å². The van der Waals surface area contributed by atoms with Gasteiger partial charge in [0.2, 0.25) is 0 Å². The summed E-state index contributed by atoms with van der Waals surface area (Å²) < 4.78 is 44.7. The van der Waals surface area contributed by atoms with E-state index in [1.54, 1.807) is 6.07 Å². The number of carbonyl (C=O) groups is 1. The molecule has 0 bridgehead atoms. The number of likely N-dealkylation sites (tertiary alicyclic amines) is 1. The van der Waals surface area contributed by atoms with Crippen LogP contribution < -0.4 is 4.74 Å². The van der Waals surface area contributed by atoms with E-state index in [0.717, 1.165) is 29.4 Å². The van der Waals surface area contributed by atoms with E-state index < -0.39 is 18.1 Å². The molecule has 174 valence electrons. The van der Waals surface area contributed by atoms with Crippen LogP contribution in [-0.2, 0) is 11.3 Å². The Morgan fingerprint density at radius 2 is 1.72 bits per heavy atom. The zero-order valence-electron chi connectivity index (χ0n) is 17.7. The van der Waals surface area contributed by atoms with E-state index in [-0.39, 0.29) is 24.9 Å². The molecule has 1 saturated carbocycles. The quantitative estimate of drug-likeness (QED) is 0.559. The lowest BCUT2D eigenvalue weighted by Crippen LogP contribution is -2.35. The highest BCUT2D eigenvalue weighted by molar-refractivity contribution is 6.37. The van der Waals surface area contributed by atoms with Crippen molar-refractivity contribution in [1.82, 2.24) is 4.90 Å². The number of aliphatic carboxylic acids is 1. The zero-order chi connectivity index (χ0) is 22.9. The second-order valence-electron chi connectivity index (χ2n) is 8.95. The number of fused-ring (bicyclic) bond motifs is 1. The van der Waals surface area contributed by atoms with Gasteiger partial charge in [0.15, 0.2) is 0 Å². The summed E-state index contributed by atoms with van der Waals surface area (Å²) in [5.41, 5.74) is 1.08. The molecule has 0 atom stereocenters. The Morgan fingerprint density at radius 3 is 2.34 bits per heavy atom. The van der Waals surface area contributed by atoms with Crippen LogP contribution in [0.15, 0.2) is 30.3 Å². The maximum atomic E-state index is 12.9. The van der Waals surface area contributed by atoms with Crippen LogP contribution in [0.4, 0.5) is 13.2 Å². The fourth-order valence-electron chi connectivity index (χ4n) is 4.78. The number of benzene rings is 2. The molecule has 1 aliphatic carbocycles. The molecule has 2 aromatic rings. The Bertz CT molecular complexity index is 965. The molecule has 4 rings (SSSR count). The SMILES string of the molecule is O=C(O)C1CCN(Cc2ccc3ccc(OC4CCC(C(F)(F)F)CC4)c(Cl)c3c2)CC1. The summed E-state index contributed by atoms with van der Waals surface area (Å²) in [5, 5.41) is 11.5. The van der Waals surface area contributed by atoms with Crippen molar-refractivity contribution >= 4 is 28.3 Å². The van der Waals surface area contributed by atoms with Gasteiger partial charge in [0.1, 0.15) is 5.75 Å². The third-order valence-electron chi connectivity index (χ3n) is 6.76. The molecule has 2 aliphatic rings. The second-order valence-corrected chi connectivity index (χ2v) is 9.33. The molecule has 1 aliphatic heterocycles. The van der Waals surface area contributed by atoms with Crippen LogP contribution in [0.3, 0.4) is 0 Å². The highest BCUT2D eigenvalue weighted by Crippen LogP contribution is 2.40. The van der Waals surface area contributed by atoms with E-state index in [9.17, 15) is 18.0 Å². The van der Waals surface area contributed by atoms with Gasteiger partial charge in [-0.25, -0.2) is 0 Å². The maximum absolute atomic E-state index is 12.9. The van der Waals surface area contributed by atoms with Crippen LogP contribution in [0.1, 0.15) is 44.1 Å². The van der Waals surface area contributed by atoms with Crippen LogP contribution >= 0.6 is 11.6 Å². The van der Waals surface area contributed by atoms with Crippen LogP contribution in [0.25, 0.3) is 10.8 Å². The first-order chi connectivity index (χ1) is 15.2. The molecule has 1 saturated heterocycles. The topological polar surface area (TPSA) is 49.8 Å². The minimum absolute atomic E-state index is 0.0854. The van der Waals surface area contributed by atoms with Gasteiger partial charge in [0, 0.05) is 11.9 Å². The maximum Gasteiger partial charge on any atom is 0.391 e. The Hall–Kier alpha value is -1.99. The lowest BCUT2D eigenvalue weighted by Gasteiger charge is -2.30. The number of halogens is 4. The Kier molecular flexibility index (Phi) is 6.86. The van der Waals surface area contributed by atoms with E-state index in [0.29, 0.717) is 43.0 Å². The number of piperidine rings is 1. The first-order valence-corrected chi connectivity index (χ1v) is 11.5. The predicted molar refractivity (Wildman–Crippen MR) is 117 cm³/mol. The first kappa shape index (κ1) is 23.2. The smallest absolute Gasteiger partial charge is 0.391 e. The number of rotatable bonds is 5. The molecule has 0 spiro atoms. The van der Waals surface area contributed by atoms with Gasteiger partial charge in [-0.1, -0.05) is 29.8 Å². The summed E-state index contributed by atoms with van der Waals surface area (Å²) in [6.07, 6.45) is -2.19. The Labute approximate surface area is 190 Å². The van der Waals surface area contributed by atoms with Crippen LogP contribution in [0, 0.1) is 11.8 Å². The van der Waals surface area contributed by atoms with Gasteiger partial charge in [-0.05, 0) is 74.7 Å². The first-order valence-electron chi connectivity index (χ1n) is 11.1. The highest BCUT2D eigenvalue weighted by Gasteiger charge is 2.41. The summed E-state index contributed by atoms with van der Waals surface area (Å²) in [6, 6.07) is 9.77. The average molecular weight is 470 g/mol. The normalized spacial score (nSPS) is 23.4. The molecule has 0 aromatic heterocycles. The highest BCUT2D eigenvalue weighted by atomic mass is 35.5. The Morgan fingerprint density at radius 1 is 1.06 bits per heavy atom. The zero-order valence-corrected chi connectivity index (χ0v) is 18.5. The number of alkyl halides is 3. The minimum Gasteiger partial charge on any atom is -0.489 e. The third kappa shape index (κ3) is 5.31. The van der Waals surface area contributed by atoms with Crippen molar-refractivity contribution in [1.29, 1.82) is 0 Å². The van der Waals surface area contributed by atoms with E-state index in [4.69, 9.17) is 21.4 Å². The molecule has 2 fully saturated rings. The summed E-state index contributed by atoms with van der Waals surface area (Å²) in [7, 11) is 0. The minimum atomic E-state index is -4.13. The number of carboxylic acid groups (broad SMARTS) is 1. The lowest BCUT2D eigenvalue weighted by molar-refractivity contribution is -0.185. The van der Waals surface area contributed by atoms with Gasteiger partial charge < -0.3 is 9.84 Å². The van der Waals surface area contributed by atoms with Crippen molar-refractivity contribution in [3.8, 4) is 5.75 Å². The van der Waals surface area contributed by atoms with Crippen LogP contribution in [-0.4, -0.2) is 41.3 Å². The lowest BCUT2D eigenvalue weighted by atomic mass is 9.87. The van der Waals surface area contributed by atoms with E-state index in [1.807, 2.05) is 24.3 Å². The monoisotopic (exact) mass is 469 g/mol. The molecule has 4 nitrogen and oxygen atoms in total. The molecule has 1 N–H and O–H groups in total. The second kappa shape index (κ2) is 9.48. The Balaban J connectivity index is 1.42. The summed E-state index contributed by atoms with van der Waals surface area (Å²) in [4.78, 5) is 13.4. The standard InChI is InChI=1S/C24H27ClF3NO3/c25-22-20-13-15(14-29-11-9-17(10-12-29)23(30)31)1-2-16(20)3-8-21(22)32-19-6-4-18(5-7-19)24(26,27)28/h1-3,8,13,17-19H,4-7,9-12,14H2,(H,30,31). The van der Waals surface area contributed by atoms with Crippen molar-refractivity contribution in [2.75, 3.05) is 13.1 Å². The van der Waals surface area contributed by atoms with Crippen molar-refractivity contribution in [2.45, 2.75) is 57.3 Å². The molecule has 0 radical (unpaired) electrons. The number of nitrogens with zero attached hydrogens (tertiary/aromatic N) is 1. The summed E-state index contributed by atoms with van der Waals surface area (Å²) in [6.45, 7) is 2.20. The number of ether oxygens (including phenoxy) is 1.